The number of nitrogen functional groups attached to an aromatic ring is 1. The lowest BCUT2D eigenvalue weighted by molar-refractivity contribution is 0.102. The fourth-order valence-electron chi connectivity index (χ4n) is 1.61. The van der Waals surface area contributed by atoms with Crippen molar-refractivity contribution in [1.82, 2.24) is 0 Å². The predicted octanol–water partition coefficient (Wildman–Crippen LogP) is 3.95. The van der Waals surface area contributed by atoms with E-state index in [1.807, 2.05) is 0 Å². The first-order chi connectivity index (χ1) is 9.51. The molecule has 20 heavy (non-hydrogen) atoms. The highest BCUT2D eigenvalue weighted by Crippen LogP contribution is 2.27. The van der Waals surface area contributed by atoms with Gasteiger partial charge in [0, 0.05) is 21.8 Å². The summed E-state index contributed by atoms with van der Waals surface area (Å²) in [5, 5.41) is 3.16. The zero-order valence-corrected chi connectivity index (χ0v) is 13.0. The first-order valence-corrected chi connectivity index (χ1v) is 6.88. The number of anilines is 2. The van der Waals surface area contributed by atoms with Crippen molar-refractivity contribution in [2.24, 2.45) is 0 Å². The summed E-state index contributed by atoms with van der Waals surface area (Å²) in [7, 11) is 1.55. The molecule has 2 aromatic carbocycles. The molecule has 0 unspecified atom stereocenters. The molecular weight excluding hydrogens is 344 g/mol. The molecule has 0 aliphatic rings. The Kier molecular flexibility index (Phi) is 4.52. The Morgan fingerprint density at radius 3 is 2.70 bits per heavy atom. The molecule has 4 nitrogen and oxygen atoms in total. The second kappa shape index (κ2) is 6.15. The quantitative estimate of drug-likeness (QED) is 0.820. The number of carbonyl (C=O) groups excluding carboxylic acids is 1. The second-order valence-corrected chi connectivity index (χ2v) is 5.30. The molecule has 0 bridgehead atoms. The number of hydrogen-bond donors (Lipinski definition) is 2. The highest BCUT2D eigenvalue weighted by molar-refractivity contribution is 9.10. The van der Waals surface area contributed by atoms with E-state index < -0.39 is 0 Å². The van der Waals surface area contributed by atoms with Crippen molar-refractivity contribution in [3.8, 4) is 5.75 Å². The zero-order valence-electron chi connectivity index (χ0n) is 10.6. The Morgan fingerprint density at radius 1 is 1.30 bits per heavy atom. The molecular formula is C14H12BrClN2O2. The van der Waals surface area contributed by atoms with Crippen LogP contribution in [0, 0.1) is 0 Å². The maximum absolute atomic E-state index is 12.1. The van der Waals surface area contributed by atoms with Crippen LogP contribution in [0.25, 0.3) is 0 Å². The number of halogens is 2. The molecule has 6 heteroatoms. The summed E-state index contributed by atoms with van der Waals surface area (Å²) in [6.07, 6.45) is 0. The van der Waals surface area contributed by atoms with Crippen LogP contribution in [-0.2, 0) is 0 Å². The summed E-state index contributed by atoms with van der Waals surface area (Å²) >= 11 is 9.32. The molecule has 0 fully saturated rings. The number of methoxy groups -OCH3 is 1. The Bertz CT molecular complexity index is 662. The van der Waals surface area contributed by atoms with Gasteiger partial charge in [-0.15, -0.1) is 0 Å². The van der Waals surface area contributed by atoms with Crippen molar-refractivity contribution in [3.05, 3.63) is 51.5 Å². The summed E-state index contributed by atoms with van der Waals surface area (Å²) in [6, 6.07) is 10.0. The van der Waals surface area contributed by atoms with Gasteiger partial charge in [0.2, 0.25) is 0 Å². The minimum absolute atomic E-state index is 0.292. The topological polar surface area (TPSA) is 64.3 Å². The summed E-state index contributed by atoms with van der Waals surface area (Å²) in [5.74, 6) is 0.319. The first kappa shape index (κ1) is 14.7. The van der Waals surface area contributed by atoms with E-state index >= 15 is 0 Å². The van der Waals surface area contributed by atoms with Gasteiger partial charge in [-0.1, -0.05) is 11.6 Å². The Morgan fingerprint density at radius 2 is 2.05 bits per heavy atom. The number of amides is 1. The van der Waals surface area contributed by atoms with Crippen LogP contribution in [0.3, 0.4) is 0 Å². The molecule has 0 heterocycles. The number of rotatable bonds is 3. The smallest absolute Gasteiger partial charge is 0.255 e. The zero-order chi connectivity index (χ0) is 14.7. The molecule has 0 saturated heterocycles. The van der Waals surface area contributed by atoms with Gasteiger partial charge in [-0.3, -0.25) is 4.79 Å². The highest BCUT2D eigenvalue weighted by Gasteiger charge is 2.10. The van der Waals surface area contributed by atoms with Gasteiger partial charge in [0.15, 0.2) is 0 Å². The highest BCUT2D eigenvalue weighted by atomic mass is 79.9. The van der Waals surface area contributed by atoms with Gasteiger partial charge in [0.1, 0.15) is 5.75 Å². The van der Waals surface area contributed by atoms with Crippen LogP contribution in [0.5, 0.6) is 5.75 Å². The third-order valence-electron chi connectivity index (χ3n) is 2.68. The fraction of sp³-hybridized carbons (Fsp3) is 0.0714. The van der Waals surface area contributed by atoms with E-state index in [0.29, 0.717) is 27.7 Å². The number of ether oxygens (including phenoxy) is 1. The number of carbonyl (C=O) groups is 1. The molecule has 3 N–H and O–H groups in total. The molecule has 0 radical (unpaired) electrons. The average molecular weight is 356 g/mol. The molecule has 0 aliphatic heterocycles. The van der Waals surface area contributed by atoms with E-state index in [1.165, 1.54) is 0 Å². The molecule has 104 valence electrons. The minimum atomic E-state index is -0.292. The summed E-state index contributed by atoms with van der Waals surface area (Å²) < 4.78 is 5.84. The molecule has 1 amide bonds. The number of nitrogens with one attached hydrogen (secondary N) is 1. The van der Waals surface area contributed by atoms with E-state index in [2.05, 4.69) is 21.2 Å². The van der Waals surface area contributed by atoms with E-state index in [9.17, 15) is 4.79 Å². The lowest BCUT2D eigenvalue weighted by Gasteiger charge is -2.10. The number of nitrogens with two attached hydrogens (primary N) is 1. The molecule has 0 saturated carbocycles. The lowest BCUT2D eigenvalue weighted by atomic mass is 10.2. The minimum Gasteiger partial charge on any atom is -0.497 e. The van der Waals surface area contributed by atoms with Crippen LogP contribution in [0.15, 0.2) is 40.9 Å². The Labute approximate surface area is 130 Å². The number of benzene rings is 2. The van der Waals surface area contributed by atoms with Crippen molar-refractivity contribution < 1.29 is 9.53 Å². The number of hydrogen-bond acceptors (Lipinski definition) is 3. The van der Waals surface area contributed by atoms with Gasteiger partial charge in [-0.05, 0) is 46.3 Å². The van der Waals surface area contributed by atoms with Crippen LogP contribution >= 0.6 is 27.5 Å². The molecule has 0 spiro atoms. The van der Waals surface area contributed by atoms with Gasteiger partial charge < -0.3 is 15.8 Å². The van der Waals surface area contributed by atoms with E-state index in [4.69, 9.17) is 22.1 Å². The SMILES string of the molecule is COc1ccc(Cl)c(NC(=O)c2ccc(Br)c(N)c2)c1. The van der Waals surface area contributed by atoms with Crippen molar-refractivity contribution >= 4 is 44.8 Å². The van der Waals surface area contributed by atoms with Crippen molar-refractivity contribution in [1.29, 1.82) is 0 Å². The van der Waals surface area contributed by atoms with Crippen LogP contribution < -0.4 is 15.8 Å². The average Bonchev–Trinajstić information content (AvgIpc) is 2.44. The van der Waals surface area contributed by atoms with Gasteiger partial charge in [0.05, 0.1) is 17.8 Å². The molecule has 0 aromatic heterocycles. The molecule has 2 aromatic rings. The summed E-state index contributed by atoms with van der Waals surface area (Å²) in [5.41, 5.74) is 7.18. The monoisotopic (exact) mass is 354 g/mol. The fourth-order valence-corrected chi connectivity index (χ4v) is 2.02. The predicted molar refractivity (Wildman–Crippen MR) is 84.5 cm³/mol. The van der Waals surface area contributed by atoms with E-state index in [-0.39, 0.29) is 5.91 Å². The third-order valence-corrected chi connectivity index (χ3v) is 3.73. The Hall–Kier alpha value is -1.72. The van der Waals surface area contributed by atoms with Gasteiger partial charge in [-0.25, -0.2) is 0 Å². The van der Waals surface area contributed by atoms with Gasteiger partial charge in [0.25, 0.3) is 5.91 Å². The lowest BCUT2D eigenvalue weighted by Crippen LogP contribution is -2.12. The maximum Gasteiger partial charge on any atom is 0.255 e. The van der Waals surface area contributed by atoms with Crippen LogP contribution in [0.2, 0.25) is 5.02 Å². The maximum atomic E-state index is 12.1. The summed E-state index contributed by atoms with van der Waals surface area (Å²) in [4.78, 5) is 12.1. The second-order valence-electron chi connectivity index (χ2n) is 4.04. The van der Waals surface area contributed by atoms with Crippen molar-refractivity contribution in [2.75, 3.05) is 18.2 Å². The van der Waals surface area contributed by atoms with Crippen LogP contribution in [0.1, 0.15) is 10.4 Å². The van der Waals surface area contributed by atoms with Crippen molar-refractivity contribution in [2.45, 2.75) is 0 Å². The first-order valence-electron chi connectivity index (χ1n) is 5.71. The van der Waals surface area contributed by atoms with Gasteiger partial charge >= 0.3 is 0 Å². The third kappa shape index (κ3) is 3.23. The molecule has 0 aliphatic carbocycles. The van der Waals surface area contributed by atoms with Crippen LogP contribution in [-0.4, -0.2) is 13.0 Å². The normalized spacial score (nSPS) is 10.2. The summed E-state index contributed by atoms with van der Waals surface area (Å²) in [6.45, 7) is 0. The molecule has 2 rings (SSSR count). The van der Waals surface area contributed by atoms with Crippen molar-refractivity contribution in [3.63, 3.8) is 0 Å². The van der Waals surface area contributed by atoms with E-state index in [0.717, 1.165) is 4.47 Å². The Balaban J connectivity index is 2.25. The largest absolute Gasteiger partial charge is 0.497 e. The van der Waals surface area contributed by atoms with E-state index in [1.54, 1.807) is 43.5 Å². The standard InChI is InChI=1S/C14H12BrClN2O2/c1-20-9-3-5-11(16)13(7-9)18-14(19)8-2-4-10(15)12(17)6-8/h2-7H,17H2,1H3,(H,18,19). The van der Waals surface area contributed by atoms with Crippen LogP contribution in [0.4, 0.5) is 11.4 Å². The molecule has 0 atom stereocenters. The van der Waals surface area contributed by atoms with Gasteiger partial charge in [-0.2, -0.15) is 0 Å².